The van der Waals surface area contributed by atoms with Gasteiger partial charge in [-0.25, -0.2) is 15.6 Å². The molecular weight excluding hydrogens is 208 g/mol. The van der Waals surface area contributed by atoms with Gasteiger partial charge in [-0.3, -0.25) is 0 Å². The fourth-order valence-corrected chi connectivity index (χ4v) is 0.528. The molecule has 0 aliphatic carbocycles. The van der Waals surface area contributed by atoms with E-state index < -0.39 is 6.16 Å². The van der Waals surface area contributed by atoms with Gasteiger partial charge in [-0.15, -0.1) is 0 Å². The topological polar surface area (TPSA) is 120 Å². The van der Waals surface area contributed by atoms with Crippen molar-refractivity contribution >= 4 is 29.8 Å². The lowest BCUT2D eigenvalue weighted by molar-refractivity contribution is 0.137. The SMILES string of the molecule is CCCNC(=S)N=CNN.O=C(O)O. The summed E-state index contributed by atoms with van der Waals surface area (Å²) in [5, 5.41) is 17.3. The van der Waals surface area contributed by atoms with Crippen LogP contribution < -0.4 is 16.6 Å². The highest BCUT2D eigenvalue weighted by atomic mass is 32.1. The normalized spacial score (nSPS) is 8.71. The van der Waals surface area contributed by atoms with Gasteiger partial charge in [-0.05, 0) is 18.6 Å². The van der Waals surface area contributed by atoms with Crippen molar-refractivity contribution in [3.05, 3.63) is 0 Å². The molecule has 8 heteroatoms. The zero-order chi connectivity index (χ0) is 11.4. The summed E-state index contributed by atoms with van der Waals surface area (Å²) < 4.78 is 0. The number of rotatable bonds is 3. The molecule has 0 saturated heterocycles. The number of nitrogens with zero attached hydrogens (tertiary/aromatic N) is 1. The Labute approximate surface area is 87.0 Å². The first-order valence-electron chi connectivity index (χ1n) is 3.73. The molecule has 14 heavy (non-hydrogen) atoms. The number of hydrogen-bond donors (Lipinski definition) is 5. The first kappa shape index (κ1) is 15.1. The number of carbonyl (C=O) groups is 1. The van der Waals surface area contributed by atoms with E-state index >= 15 is 0 Å². The molecule has 0 spiro atoms. The quantitative estimate of drug-likeness (QED) is 0.150. The monoisotopic (exact) mass is 222 g/mol. The van der Waals surface area contributed by atoms with Crippen LogP contribution in [0.1, 0.15) is 13.3 Å². The zero-order valence-electron chi connectivity index (χ0n) is 7.73. The van der Waals surface area contributed by atoms with Crippen molar-refractivity contribution in [3.63, 3.8) is 0 Å². The van der Waals surface area contributed by atoms with Crippen LogP contribution >= 0.6 is 12.2 Å². The Hall–Kier alpha value is -1.41. The van der Waals surface area contributed by atoms with Crippen LogP contribution in [0.15, 0.2) is 4.99 Å². The molecule has 82 valence electrons. The minimum Gasteiger partial charge on any atom is -0.450 e. The minimum atomic E-state index is -1.83. The van der Waals surface area contributed by atoms with Gasteiger partial charge < -0.3 is 21.0 Å². The van der Waals surface area contributed by atoms with Crippen molar-refractivity contribution in [2.24, 2.45) is 10.8 Å². The van der Waals surface area contributed by atoms with Crippen molar-refractivity contribution in [1.82, 2.24) is 10.7 Å². The Morgan fingerprint density at radius 2 is 2.14 bits per heavy atom. The van der Waals surface area contributed by atoms with Crippen molar-refractivity contribution < 1.29 is 15.0 Å². The predicted octanol–water partition coefficient (Wildman–Crippen LogP) is -0.0151. The van der Waals surface area contributed by atoms with E-state index in [4.69, 9.17) is 33.1 Å². The third-order valence-corrected chi connectivity index (χ3v) is 1.03. The molecule has 6 N–H and O–H groups in total. The summed E-state index contributed by atoms with van der Waals surface area (Å²) in [4.78, 5) is 12.3. The summed E-state index contributed by atoms with van der Waals surface area (Å²) in [5.74, 6) is 4.92. The van der Waals surface area contributed by atoms with E-state index in [1.165, 1.54) is 6.34 Å². The Morgan fingerprint density at radius 3 is 2.50 bits per heavy atom. The van der Waals surface area contributed by atoms with Gasteiger partial charge in [0.1, 0.15) is 6.34 Å². The van der Waals surface area contributed by atoms with Gasteiger partial charge in [0.15, 0.2) is 5.11 Å². The number of hydrazine groups is 1. The molecule has 0 aromatic heterocycles. The molecule has 7 nitrogen and oxygen atoms in total. The van der Waals surface area contributed by atoms with Crippen LogP contribution in [-0.4, -0.2) is 34.4 Å². The molecule has 0 heterocycles. The first-order chi connectivity index (χ1) is 6.54. The maximum Gasteiger partial charge on any atom is 0.503 e. The highest BCUT2D eigenvalue weighted by Crippen LogP contribution is 1.74. The Balaban J connectivity index is 0. The predicted molar refractivity (Wildman–Crippen MR) is 57.4 cm³/mol. The van der Waals surface area contributed by atoms with Crippen molar-refractivity contribution in [2.45, 2.75) is 13.3 Å². The second-order valence-corrected chi connectivity index (χ2v) is 2.33. The summed E-state index contributed by atoms with van der Waals surface area (Å²) in [6, 6.07) is 0. The Morgan fingerprint density at radius 1 is 1.64 bits per heavy atom. The Kier molecular flexibility index (Phi) is 12.5. The van der Waals surface area contributed by atoms with Gasteiger partial charge in [0.05, 0.1) is 0 Å². The zero-order valence-corrected chi connectivity index (χ0v) is 8.54. The van der Waals surface area contributed by atoms with E-state index in [0.29, 0.717) is 5.11 Å². The van der Waals surface area contributed by atoms with Crippen LogP contribution in [0.3, 0.4) is 0 Å². The van der Waals surface area contributed by atoms with E-state index in [-0.39, 0.29) is 0 Å². The largest absolute Gasteiger partial charge is 0.503 e. The molecule has 0 radical (unpaired) electrons. The molecule has 0 aliphatic rings. The van der Waals surface area contributed by atoms with E-state index in [9.17, 15) is 0 Å². The van der Waals surface area contributed by atoms with Crippen LogP contribution in [0.5, 0.6) is 0 Å². The second-order valence-electron chi connectivity index (χ2n) is 1.94. The van der Waals surface area contributed by atoms with E-state index in [1.807, 2.05) is 0 Å². The number of nitrogens with one attached hydrogen (secondary N) is 2. The number of hydrogen-bond acceptors (Lipinski definition) is 3. The fourth-order valence-electron chi connectivity index (χ4n) is 0.373. The van der Waals surface area contributed by atoms with Crippen LogP contribution in [0.25, 0.3) is 0 Å². The average molecular weight is 222 g/mol. The standard InChI is InChI=1S/C5H12N4S.CH2O3/c1-2-3-7-5(10)8-4-9-6;2-1(3)4/h4H,2-3,6H2,1H3,(H2,7,8,9,10);(H2,2,3,4). The summed E-state index contributed by atoms with van der Waals surface area (Å²) >= 11 is 4.78. The van der Waals surface area contributed by atoms with Crippen molar-refractivity contribution in [1.29, 1.82) is 0 Å². The highest BCUT2D eigenvalue weighted by molar-refractivity contribution is 7.80. The number of carboxylic acid groups (broad SMARTS) is 2. The molecule has 0 aromatic rings. The molecule has 0 bridgehead atoms. The molecule has 0 amide bonds. The minimum absolute atomic E-state index is 0.458. The van der Waals surface area contributed by atoms with E-state index in [0.717, 1.165) is 13.0 Å². The molecule has 0 rings (SSSR count). The molecule has 0 saturated carbocycles. The highest BCUT2D eigenvalue weighted by Gasteiger charge is 1.85. The Bertz CT molecular complexity index is 194. The summed E-state index contributed by atoms with van der Waals surface area (Å²) in [7, 11) is 0. The lowest BCUT2D eigenvalue weighted by Crippen LogP contribution is -2.24. The maximum absolute atomic E-state index is 8.56. The van der Waals surface area contributed by atoms with Gasteiger partial charge in [0.25, 0.3) is 0 Å². The van der Waals surface area contributed by atoms with Gasteiger partial charge in [-0.2, -0.15) is 0 Å². The third kappa shape index (κ3) is 22.4. The maximum atomic E-state index is 8.56. The lowest BCUT2D eigenvalue weighted by atomic mass is 10.5. The smallest absolute Gasteiger partial charge is 0.450 e. The number of thiocarbonyl (C=S) groups is 1. The number of aliphatic imine (C=N–C) groups is 1. The van der Waals surface area contributed by atoms with E-state index in [2.05, 4.69) is 22.7 Å². The van der Waals surface area contributed by atoms with Crippen LogP contribution in [-0.2, 0) is 0 Å². The molecular formula is C6H14N4O3S. The van der Waals surface area contributed by atoms with Crippen LogP contribution in [0, 0.1) is 0 Å². The molecule has 0 aliphatic heterocycles. The first-order valence-corrected chi connectivity index (χ1v) is 4.13. The van der Waals surface area contributed by atoms with E-state index in [1.54, 1.807) is 0 Å². The average Bonchev–Trinajstić information content (AvgIpc) is 2.10. The van der Waals surface area contributed by atoms with Gasteiger partial charge in [0, 0.05) is 6.54 Å². The molecule has 0 fully saturated rings. The summed E-state index contributed by atoms with van der Waals surface area (Å²) in [6.45, 7) is 2.90. The second kappa shape index (κ2) is 11.6. The molecule has 0 aromatic carbocycles. The third-order valence-electron chi connectivity index (χ3n) is 0.783. The van der Waals surface area contributed by atoms with Crippen molar-refractivity contribution in [3.8, 4) is 0 Å². The van der Waals surface area contributed by atoms with Crippen LogP contribution in [0.2, 0.25) is 0 Å². The fraction of sp³-hybridized carbons (Fsp3) is 0.500. The number of nitrogens with two attached hydrogens (primary N) is 1. The summed E-state index contributed by atoms with van der Waals surface area (Å²) in [6.07, 6.45) is 0.538. The van der Waals surface area contributed by atoms with Gasteiger partial charge in [0.2, 0.25) is 0 Å². The van der Waals surface area contributed by atoms with Gasteiger partial charge in [-0.1, -0.05) is 6.92 Å². The lowest BCUT2D eigenvalue weighted by Gasteiger charge is -1.98. The molecule has 0 unspecified atom stereocenters. The van der Waals surface area contributed by atoms with Crippen molar-refractivity contribution in [2.75, 3.05) is 6.54 Å². The molecule has 0 atom stereocenters. The van der Waals surface area contributed by atoms with Crippen LogP contribution in [0.4, 0.5) is 4.79 Å². The van der Waals surface area contributed by atoms with Gasteiger partial charge >= 0.3 is 6.16 Å². The summed E-state index contributed by atoms with van der Waals surface area (Å²) in [5.41, 5.74) is 2.26.